The number of hydrogen-bond acceptors (Lipinski definition) is 6. The summed E-state index contributed by atoms with van der Waals surface area (Å²) in [6, 6.07) is 13.6. The molecule has 1 N–H and O–H groups in total. The number of esters is 1. The van der Waals surface area contributed by atoms with E-state index in [-0.39, 0.29) is 24.4 Å². The molecule has 7 heteroatoms. The number of anilines is 1. The van der Waals surface area contributed by atoms with E-state index < -0.39 is 18.0 Å². The Morgan fingerprint density at radius 3 is 2.31 bits per heavy atom. The fourth-order valence-corrected chi connectivity index (χ4v) is 2.91. The van der Waals surface area contributed by atoms with Crippen LogP contribution in [0.2, 0.25) is 0 Å². The average Bonchev–Trinajstić information content (AvgIpc) is 2.72. The number of carbonyl (C=O) groups excluding carboxylic acids is 4. The molecule has 152 valence electrons. The molecule has 2 aromatic carbocycles. The van der Waals surface area contributed by atoms with Crippen LogP contribution in [0.15, 0.2) is 53.4 Å². The minimum Gasteiger partial charge on any atom is -0.453 e. The van der Waals surface area contributed by atoms with E-state index in [1.54, 1.807) is 48.2 Å². The van der Waals surface area contributed by atoms with Crippen molar-refractivity contribution in [2.24, 2.45) is 0 Å². The van der Waals surface area contributed by atoms with Gasteiger partial charge in [0.05, 0.1) is 6.42 Å². The van der Waals surface area contributed by atoms with Gasteiger partial charge in [-0.05, 0) is 44.4 Å². The van der Waals surface area contributed by atoms with Crippen LogP contribution in [-0.4, -0.2) is 35.8 Å². The van der Waals surface area contributed by atoms with Gasteiger partial charge in [-0.1, -0.05) is 24.3 Å². The van der Waals surface area contributed by atoms with Crippen molar-refractivity contribution in [2.75, 3.05) is 11.6 Å². The number of amides is 1. The number of nitrogens with one attached hydrogen (secondary N) is 1. The molecule has 0 aliphatic carbocycles. The second-order valence-electron chi connectivity index (χ2n) is 6.41. The zero-order valence-corrected chi connectivity index (χ0v) is 17.4. The Balaban J connectivity index is 1.83. The minimum absolute atomic E-state index is 0.00639. The third kappa shape index (κ3) is 6.87. The van der Waals surface area contributed by atoms with Crippen molar-refractivity contribution in [2.45, 2.75) is 37.7 Å². The first kappa shape index (κ1) is 22.4. The number of rotatable bonds is 9. The summed E-state index contributed by atoms with van der Waals surface area (Å²) >= 11 is 1.58. The summed E-state index contributed by atoms with van der Waals surface area (Å²) in [7, 11) is 0. The Hall–Kier alpha value is -2.93. The summed E-state index contributed by atoms with van der Waals surface area (Å²) in [4.78, 5) is 48.8. The first-order valence-electron chi connectivity index (χ1n) is 9.08. The normalized spacial score (nSPS) is 11.4. The topological polar surface area (TPSA) is 89.5 Å². The molecule has 0 aromatic heterocycles. The van der Waals surface area contributed by atoms with Crippen molar-refractivity contribution >= 4 is 40.9 Å². The van der Waals surface area contributed by atoms with Crippen molar-refractivity contribution in [3.8, 4) is 0 Å². The van der Waals surface area contributed by atoms with Crippen molar-refractivity contribution in [3.63, 3.8) is 0 Å². The van der Waals surface area contributed by atoms with Gasteiger partial charge >= 0.3 is 5.97 Å². The number of thioether (sulfide) groups is 1. The minimum atomic E-state index is -1.03. The molecule has 0 aliphatic heterocycles. The SMILES string of the molecule is CSc1ccc(C(=O)CCC(=O)O[C@@H](C)C(=O)Nc2cccc(C(C)=O)c2)cc1. The fraction of sp³-hybridized carbons (Fsp3) is 0.273. The number of benzene rings is 2. The number of carbonyl (C=O) groups is 4. The van der Waals surface area contributed by atoms with Crippen LogP contribution in [0.4, 0.5) is 5.69 Å². The Morgan fingerprint density at radius 2 is 1.69 bits per heavy atom. The maximum atomic E-state index is 12.2. The van der Waals surface area contributed by atoms with Gasteiger partial charge < -0.3 is 10.1 Å². The lowest BCUT2D eigenvalue weighted by Crippen LogP contribution is -2.30. The Bertz CT molecular complexity index is 908. The second kappa shape index (κ2) is 10.6. The molecule has 0 heterocycles. The largest absolute Gasteiger partial charge is 0.453 e. The van der Waals surface area contributed by atoms with E-state index in [0.717, 1.165) is 4.90 Å². The fourth-order valence-electron chi connectivity index (χ4n) is 2.51. The number of ketones is 2. The van der Waals surface area contributed by atoms with Crippen molar-refractivity contribution in [3.05, 3.63) is 59.7 Å². The van der Waals surface area contributed by atoms with Crippen LogP contribution in [0.5, 0.6) is 0 Å². The van der Waals surface area contributed by atoms with E-state index in [4.69, 9.17) is 4.74 Å². The summed E-state index contributed by atoms with van der Waals surface area (Å²) in [5, 5.41) is 2.61. The van der Waals surface area contributed by atoms with E-state index in [1.165, 1.54) is 13.8 Å². The summed E-state index contributed by atoms with van der Waals surface area (Å²) < 4.78 is 5.11. The van der Waals surface area contributed by atoms with Gasteiger partial charge in [0.2, 0.25) is 0 Å². The highest BCUT2D eigenvalue weighted by Crippen LogP contribution is 2.16. The zero-order valence-electron chi connectivity index (χ0n) is 16.6. The number of hydrogen-bond donors (Lipinski definition) is 1. The quantitative estimate of drug-likeness (QED) is 0.377. The molecule has 0 saturated carbocycles. The Labute approximate surface area is 174 Å². The molecule has 0 fully saturated rings. The molecular formula is C22H23NO5S. The molecule has 2 rings (SSSR count). The third-order valence-corrected chi connectivity index (χ3v) is 4.93. The summed E-state index contributed by atoms with van der Waals surface area (Å²) in [5.41, 5.74) is 1.44. The average molecular weight is 413 g/mol. The van der Waals surface area contributed by atoms with Crippen LogP contribution in [0.25, 0.3) is 0 Å². The second-order valence-corrected chi connectivity index (χ2v) is 7.29. The highest BCUT2D eigenvalue weighted by molar-refractivity contribution is 7.98. The number of ether oxygens (including phenoxy) is 1. The molecule has 1 amide bonds. The molecule has 0 radical (unpaired) electrons. The maximum absolute atomic E-state index is 12.2. The summed E-state index contributed by atoms with van der Waals surface area (Å²) in [6.45, 7) is 2.88. The predicted octanol–water partition coefficient (Wildman–Crippen LogP) is 4.14. The Morgan fingerprint density at radius 1 is 1.00 bits per heavy atom. The molecule has 0 bridgehead atoms. The lowest BCUT2D eigenvalue weighted by atomic mass is 10.1. The van der Waals surface area contributed by atoms with Gasteiger partial charge in [0.15, 0.2) is 17.7 Å². The highest BCUT2D eigenvalue weighted by Gasteiger charge is 2.19. The maximum Gasteiger partial charge on any atom is 0.307 e. The molecule has 0 aliphatic rings. The predicted molar refractivity (Wildman–Crippen MR) is 112 cm³/mol. The van der Waals surface area contributed by atoms with E-state index in [9.17, 15) is 19.2 Å². The van der Waals surface area contributed by atoms with E-state index in [0.29, 0.717) is 16.8 Å². The smallest absolute Gasteiger partial charge is 0.307 e. The van der Waals surface area contributed by atoms with Gasteiger partial charge in [-0.3, -0.25) is 19.2 Å². The molecule has 29 heavy (non-hydrogen) atoms. The van der Waals surface area contributed by atoms with Crippen LogP contribution in [-0.2, 0) is 14.3 Å². The van der Waals surface area contributed by atoms with Gasteiger partial charge in [-0.2, -0.15) is 0 Å². The van der Waals surface area contributed by atoms with Crippen molar-refractivity contribution < 1.29 is 23.9 Å². The van der Waals surface area contributed by atoms with Crippen LogP contribution in [0.1, 0.15) is 47.4 Å². The lowest BCUT2D eigenvalue weighted by Gasteiger charge is -2.14. The monoisotopic (exact) mass is 413 g/mol. The van der Waals surface area contributed by atoms with E-state index in [1.807, 2.05) is 18.4 Å². The van der Waals surface area contributed by atoms with Gasteiger partial charge in [-0.15, -0.1) is 11.8 Å². The lowest BCUT2D eigenvalue weighted by molar-refractivity contribution is -0.153. The standard InChI is InChI=1S/C22H23NO5S/c1-14(24)17-5-4-6-18(13-17)23-22(27)15(2)28-21(26)12-11-20(25)16-7-9-19(29-3)10-8-16/h4-10,13,15H,11-12H2,1-3H3,(H,23,27)/t15-/m0/s1. The molecule has 1 atom stereocenters. The molecule has 6 nitrogen and oxygen atoms in total. The van der Waals surface area contributed by atoms with Crippen LogP contribution >= 0.6 is 11.8 Å². The van der Waals surface area contributed by atoms with Crippen molar-refractivity contribution in [1.29, 1.82) is 0 Å². The highest BCUT2D eigenvalue weighted by atomic mass is 32.2. The first-order chi connectivity index (χ1) is 13.8. The molecule has 0 saturated heterocycles. The molecule has 0 spiro atoms. The van der Waals surface area contributed by atoms with Crippen LogP contribution in [0, 0.1) is 0 Å². The van der Waals surface area contributed by atoms with Crippen molar-refractivity contribution in [1.82, 2.24) is 0 Å². The number of Topliss-reactive ketones (excluding diaryl/α,β-unsaturated/α-hetero) is 2. The molecular weight excluding hydrogens is 390 g/mol. The third-order valence-electron chi connectivity index (χ3n) is 4.18. The van der Waals surface area contributed by atoms with Crippen LogP contribution in [0.3, 0.4) is 0 Å². The molecule has 2 aromatic rings. The van der Waals surface area contributed by atoms with E-state index >= 15 is 0 Å². The van der Waals surface area contributed by atoms with Gasteiger partial charge in [0, 0.05) is 28.1 Å². The van der Waals surface area contributed by atoms with Crippen LogP contribution < -0.4 is 5.32 Å². The first-order valence-corrected chi connectivity index (χ1v) is 10.3. The van der Waals surface area contributed by atoms with Gasteiger partial charge in [0.1, 0.15) is 0 Å². The van der Waals surface area contributed by atoms with Gasteiger partial charge in [-0.25, -0.2) is 0 Å². The molecule has 0 unspecified atom stereocenters. The summed E-state index contributed by atoms with van der Waals surface area (Å²) in [6.07, 6.45) is 0.816. The van der Waals surface area contributed by atoms with Gasteiger partial charge in [0.25, 0.3) is 5.91 Å². The Kier molecular flexibility index (Phi) is 8.15. The zero-order chi connectivity index (χ0) is 21.4. The van der Waals surface area contributed by atoms with E-state index in [2.05, 4.69) is 5.32 Å². The summed E-state index contributed by atoms with van der Waals surface area (Å²) in [5.74, 6) is -1.42.